The SMILES string of the molecule is Cc1ccc(NC(=O)CC(=O)Nc2cccc(Br)c2)cc1C. The second kappa shape index (κ2) is 7.22. The van der Waals surface area contributed by atoms with Crippen LogP contribution < -0.4 is 10.6 Å². The van der Waals surface area contributed by atoms with Crippen molar-refractivity contribution in [3.8, 4) is 0 Å². The van der Waals surface area contributed by atoms with Crippen LogP contribution >= 0.6 is 15.9 Å². The van der Waals surface area contributed by atoms with Gasteiger partial charge >= 0.3 is 0 Å². The fraction of sp³-hybridized carbons (Fsp3) is 0.176. The number of carbonyl (C=O) groups is 2. The third-order valence-electron chi connectivity index (χ3n) is 3.22. The monoisotopic (exact) mass is 360 g/mol. The standard InChI is InChI=1S/C17H17BrN2O2/c1-11-6-7-15(8-12(11)2)20-17(22)10-16(21)19-14-5-3-4-13(18)9-14/h3-9H,10H2,1-2H3,(H,19,21)(H,20,22). The highest BCUT2D eigenvalue weighted by molar-refractivity contribution is 9.10. The number of halogens is 1. The molecule has 2 N–H and O–H groups in total. The first-order chi connectivity index (χ1) is 10.4. The fourth-order valence-electron chi connectivity index (χ4n) is 1.94. The molecular weight excluding hydrogens is 344 g/mol. The lowest BCUT2D eigenvalue weighted by Gasteiger charge is -2.08. The van der Waals surface area contributed by atoms with Gasteiger partial charge in [0, 0.05) is 15.8 Å². The van der Waals surface area contributed by atoms with E-state index in [1.807, 2.05) is 44.2 Å². The van der Waals surface area contributed by atoms with Crippen molar-refractivity contribution in [2.45, 2.75) is 20.3 Å². The normalized spacial score (nSPS) is 10.1. The van der Waals surface area contributed by atoms with E-state index in [1.165, 1.54) is 0 Å². The number of hydrogen-bond donors (Lipinski definition) is 2. The molecule has 0 aliphatic carbocycles. The summed E-state index contributed by atoms with van der Waals surface area (Å²) in [5.41, 5.74) is 3.60. The van der Waals surface area contributed by atoms with E-state index < -0.39 is 0 Å². The maximum absolute atomic E-state index is 11.9. The lowest BCUT2D eigenvalue weighted by molar-refractivity contribution is -0.123. The van der Waals surface area contributed by atoms with Gasteiger partial charge in [0.1, 0.15) is 6.42 Å². The summed E-state index contributed by atoms with van der Waals surface area (Å²) in [5, 5.41) is 5.42. The van der Waals surface area contributed by atoms with E-state index in [0.29, 0.717) is 11.4 Å². The van der Waals surface area contributed by atoms with Gasteiger partial charge in [-0.2, -0.15) is 0 Å². The maximum Gasteiger partial charge on any atom is 0.233 e. The van der Waals surface area contributed by atoms with E-state index >= 15 is 0 Å². The van der Waals surface area contributed by atoms with Gasteiger partial charge in [-0.3, -0.25) is 9.59 Å². The highest BCUT2D eigenvalue weighted by atomic mass is 79.9. The summed E-state index contributed by atoms with van der Waals surface area (Å²) < 4.78 is 0.866. The van der Waals surface area contributed by atoms with Crippen molar-refractivity contribution in [1.29, 1.82) is 0 Å². The van der Waals surface area contributed by atoms with Crippen LogP contribution in [0.1, 0.15) is 17.5 Å². The summed E-state index contributed by atoms with van der Waals surface area (Å²) >= 11 is 3.33. The quantitative estimate of drug-likeness (QED) is 0.808. The first kappa shape index (κ1) is 16.2. The molecule has 2 amide bonds. The number of amides is 2. The number of hydrogen-bond acceptors (Lipinski definition) is 2. The highest BCUT2D eigenvalue weighted by Gasteiger charge is 2.10. The summed E-state index contributed by atoms with van der Waals surface area (Å²) in [7, 11) is 0. The number of carbonyl (C=O) groups excluding carboxylic acids is 2. The molecule has 0 bridgehead atoms. The predicted octanol–water partition coefficient (Wildman–Crippen LogP) is 4.03. The molecule has 0 aromatic heterocycles. The summed E-state index contributed by atoms with van der Waals surface area (Å²) in [4.78, 5) is 23.8. The largest absolute Gasteiger partial charge is 0.326 e. The van der Waals surface area contributed by atoms with Crippen LogP contribution in [0.5, 0.6) is 0 Å². The first-order valence-corrected chi connectivity index (χ1v) is 7.66. The number of benzene rings is 2. The van der Waals surface area contributed by atoms with Crippen LogP contribution in [-0.4, -0.2) is 11.8 Å². The van der Waals surface area contributed by atoms with Crippen molar-refractivity contribution in [3.05, 3.63) is 58.1 Å². The molecule has 2 rings (SSSR count). The zero-order chi connectivity index (χ0) is 16.1. The fourth-order valence-corrected chi connectivity index (χ4v) is 2.34. The minimum atomic E-state index is -0.348. The van der Waals surface area contributed by atoms with Crippen LogP contribution in [0.25, 0.3) is 0 Å². The Kier molecular flexibility index (Phi) is 5.33. The Morgan fingerprint density at radius 1 is 0.909 bits per heavy atom. The van der Waals surface area contributed by atoms with Gasteiger partial charge in [0.05, 0.1) is 0 Å². The minimum absolute atomic E-state index is 0.223. The Bertz CT molecular complexity index is 714. The summed E-state index contributed by atoms with van der Waals surface area (Å²) in [6, 6.07) is 12.9. The predicted molar refractivity (Wildman–Crippen MR) is 91.9 cm³/mol. The molecule has 0 radical (unpaired) electrons. The van der Waals surface area contributed by atoms with E-state index in [0.717, 1.165) is 15.6 Å². The molecule has 114 valence electrons. The minimum Gasteiger partial charge on any atom is -0.326 e. The van der Waals surface area contributed by atoms with E-state index in [-0.39, 0.29) is 18.2 Å². The molecule has 0 aliphatic heterocycles. The van der Waals surface area contributed by atoms with Crippen molar-refractivity contribution in [2.75, 3.05) is 10.6 Å². The van der Waals surface area contributed by atoms with Crippen LogP contribution in [0.4, 0.5) is 11.4 Å². The molecule has 0 spiro atoms. The van der Waals surface area contributed by atoms with Crippen LogP contribution in [0.3, 0.4) is 0 Å². The van der Waals surface area contributed by atoms with Crippen LogP contribution in [0.2, 0.25) is 0 Å². The highest BCUT2D eigenvalue weighted by Crippen LogP contribution is 2.16. The third-order valence-corrected chi connectivity index (χ3v) is 3.71. The summed E-state index contributed by atoms with van der Waals surface area (Å²) in [6.45, 7) is 3.98. The van der Waals surface area contributed by atoms with E-state index in [4.69, 9.17) is 0 Å². The van der Waals surface area contributed by atoms with Gasteiger partial charge in [0.25, 0.3) is 0 Å². The van der Waals surface area contributed by atoms with Crippen molar-refractivity contribution >= 4 is 39.1 Å². The molecule has 22 heavy (non-hydrogen) atoms. The molecule has 2 aromatic carbocycles. The Balaban J connectivity index is 1.91. The number of aryl methyl sites for hydroxylation is 2. The number of anilines is 2. The van der Waals surface area contributed by atoms with Crippen molar-refractivity contribution in [1.82, 2.24) is 0 Å². The van der Waals surface area contributed by atoms with Gasteiger partial charge in [0.2, 0.25) is 11.8 Å². The molecule has 4 nitrogen and oxygen atoms in total. The molecule has 2 aromatic rings. The zero-order valence-electron chi connectivity index (χ0n) is 12.4. The van der Waals surface area contributed by atoms with Gasteiger partial charge in [-0.25, -0.2) is 0 Å². The lowest BCUT2D eigenvalue weighted by atomic mass is 10.1. The topological polar surface area (TPSA) is 58.2 Å². The average molecular weight is 361 g/mol. The van der Waals surface area contributed by atoms with Crippen LogP contribution in [0.15, 0.2) is 46.9 Å². The number of nitrogens with one attached hydrogen (secondary N) is 2. The zero-order valence-corrected chi connectivity index (χ0v) is 14.0. The molecule has 0 fully saturated rings. The molecule has 0 saturated heterocycles. The Hall–Kier alpha value is -2.14. The Labute approximate surface area is 138 Å². The smallest absolute Gasteiger partial charge is 0.233 e. The van der Waals surface area contributed by atoms with Gasteiger partial charge in [-0.05, 0) is 55.3 Å². The molecular formula is C17H17BrN2O2. The van der Waals surface area contributed by atoms with Crippen LogP contribution in [0, 0.1) is 13.8 Å². The van der Waals surface area contributed by atoms with Crippen molar-refractivity contribution in [3.63, 3.8) is 0 Å². The van der Waals surface area contributed by atoms with Gasteiger partial charge in [-0.1, -0.05) is 28.1 Å². The van der Waals surface area contributed by atoms with Crippen LogP contribution in [-0.2, 0) is 9.59 Å². The molecule has 0 heterocycles. The molecule has 0 aliphatic rings. The third kappa shape index (κ3) is 4.70. The second-order valence-electron chi connectivity index (χ2n) is 5.08. The Morgan fingerprint density at radius 3 is 2.14 bits per heavy atom. The number of rotatable bonds is 4. The van der Waals surface area contributed by atoms with Gasteiger partial charge in [0.15, 0.2) is 0 Å². The lowest BCUT2D eigenvalue weighted by Crippen LogP contribution is -2.21. The first-order valence-electron chi connectivity index (χ1n) is 6.86. The van der Waals surface area contributed by atoms with Crippen molar-refractivity contribution in [2.24, 2.45) is 0 Å². The van der Waals surface area contributed by atoms with Gasteiger partial charge < -0.3 is 10.6 Å². The summed E-state index contributed by atoms with van der Waals surface area (Å²) in [5.74, 6) is -0.685. The maximum atomic E-state index is 11.9. The molecule has 0 atom stereocenters. The average Bonchev–Trinajstić information content (AvgIpc) is 2.42. The summed E-state index contributed by atoms with van der Waals surface area (Å²) in [6.07, 6.45) is -0.223. The Morgan fingerprint density at radius 2 is 1.55 bits per heavy atom. The van der Waals surface area contributed by atoms with Gasteiger partial charge in [-0.15, -0.1) is 0 Å². The van der Waals surface area contributed by atoms with E-state index in [9.17, 15) is 9.59 Å². The molecule has 5 heteroatoms. The molecule has 0 saturated carbocycles. The van der Waals surface area contributed by atoms with E-state index in [1.54, 1.807) is 12.1 Å². The van der Waals surface area contributed by atoms with E-state index in [2.05, 4.69) is 26.6 Å². The van der Waals surface area contributed by atoms with Crippen molar-refractivity contribution < 1.29 is 9.59 Å². The molecule has 0 unspecified atom stereocenters. The second-order valence-corrected chi connectivity index (χ2v) is 6.00.